The van der Waals surface area contributed by atoms with Crippen LogP contribution in [0.1, 0.15) is 24.8 Å². The Balaban J connectivity index is 1.81. The Bertz CT molecular complexity index is 756. The summed E-state index contributed by atoms with van der Waals surface area (Å²) in [5.74, 6) is -0.139. The Morgan fingerprint density at radius 2 is 2.13 bits per heavy atom. The van der Waals surface area contributed by atoms with E-state index in [9.17, 15) is 13.2 Å². The highest BCUT2D eigenvalue weighted by Gasteiger charge is 2.49. The summed E-state index contributed by atoms with van der Waals surface area (Å²) in [5.41, 5.74) is 10.4. The SMILES string of the molecule is NC(N)=Nc1nnc(C2CCC3CN2C(=O)N3OS(=O)(=O)O)o1. The van der Waals surface area contributed by atoms with Crippen LogP contribution in [0.4, 0.5) is 10.8 Å². The summed E-state index contributed by atoms with van der Waals surface area (Å²) in [6.07, 6.45) is 0.855. The highest BCUT2D eigenvalue weighted by Crippen LogP contribution is 2.38. The van der Waals surface area contributed by atoms with Gasteiger partial charge >= 0.3 is 22.4 Å². The van der Waals surface area contributed by atoms with E-state index in [1.807, 2.05) is 0 Å². The average molecular weight is 347 g/mol. The number of hydrogen-bond acceptors (Lipinski definition) is 8. The Labute approximate surface area is 129 Å². The number of carbonyl (C=O) groups is 1. The Morgan fingerprint density at radius 3 is 2.78 bits per heavy atom. The van der Waals surface area contributed by atoms with Crippen LogP contribution in [-0.2, 0) is 14.7 Å². The third-order valence-corrected chi connectivity index (χ3v) is 3.79. The van der Waals surface area contributed by atoms with Gasteiger partial charge in [0, 0.05) is 6.54 Å². The molecule has 3 heterocycles. The lowest BCUT2D eigenvalue weighted by atomic mass is 10.0. The van der Waals surface area contributed by atoms with Gasteiger partial charge in [-0.05, 0) is 12.8 Å². The highest BCUT2D eigenvalue weighted by atomic mass is 32.3. The van der Waals surface area contributed by atoms with Crippen LogP contribution >= 0.6 is 0 Å². The summed E-state index contributed by atoms with van der Waals surface area (Å²) in [7, 11) is -4.79. The van der Waals surface area contributed by atoms with E-state index in [1.54, 1.807) is 0 Å². The number of rotatable bonds is 4. The van der Waals surface area contributed by atoms with Gasteiger partial charge in [-0.25, -0.2) is 4.79 Å². The smallest absolute Gasteiger partial charge is 0.404 e. The van der Waals surface area contributed by atoms with Crippen LogP contribution in [0.15, 0.2) is 9.41 Å². The van der Waals surface area contributed by atoms with Gasteiger partial charge in [-0.1, -0.05) is 5.10 Å². The van der Waals surface area contributed by atoms with Crippen LogP contribution in [0.5, 0.6) is 0 Å². The van der Waals surface area contributed by atoms with Crippen molar-refractivity contribution in [1.82, 2.24) is 20.2 Å². The van der Waals surface area contributed by atoms with E-state index in [2.05, 4.69) is 19.5 Å². The van der Waals surface area contributed by atoms with Crippen LogP contribution in [0.25, 0.3) is 0 Å². The number of aliphatic imine (C=N–C) groups is 1. The molecule has 2 aliphatic heterocycles. The van der Waals surface area contributed by atoms with Gasteiger partial charge in [0.2, 0.25) is 5.89 Å². The fourth-order valence-electron chi connectivity index (χ4n) is 2.60. The predicted molar refractivity (Wildman–Crippen MR) is 72.1 cm³/mol. The first-order chi connectivity index (χ1) is 10.7. The van der Waals surface area contributed by atoms with E-state index in [0.29, 0.717) is 17.9 Å². The number of urea groups is 1. The molecule has 13 nitrogen and oxygen atoms in total. The van der Waals surface area contributed by atoms with E-state index in [4.69, 9.17) is 20.4 Å². The minimum Gasteiger partial charge on any atom is -0.404 e. The minimum atomic E-state index is -4.79. The molecule has 5 N–H and O–H groups in total. The Hall–Kier alpha value is -2.45. The molecule has 0 spiro atoms. The van der Waals surface area contributed by atoms with Gasteiger partial charge in [-0.3, -0.25) is 4.55 Å². The molecule has 2 atom stereocenters. The molecule has 2 saturated heterocycles. The van der Waals surface area contributed by atoms with Crippen molar-refractivity contribution < 1.29 is 26.5 Å². The molecule has 1 aromatic heterocycles. The molecule has 1 aromatic rings. The molecule has 2 aliphatic rings. The summed E-state index contributed by atoms with van der Waals surface area (Å²) < 4.78 is 40.0. The molecule has 23 heavy (non-hydrogen) atoms. The van der Waals surface area contributed by atoms with E-state index in [1.165, 1.54) is 4.90 Å². The first-order valence-electron chi connectivity index (χ1n) is 6.44. The summed E-state index contributed by atoms with van der Waals surface area (Å²) >= 11 is 0. The maximum Gasteiger partial charge on any atom is 0.418 e. The quantitative estimate of drug-likeness (QED) is 0.333. The monoisotopic (exact) mass is 347 g/mol. The number of aromatic nitrogens is 2. The van der Waals surface area contributed by atoms with Crippen LogP contribution < -0.4 is 11.5 Å². The lowest BCUT2D eigenvalue weighted by Crippen LogP contribution is -2.35. The number of fused-ring (bicyclic) bond motifs is 2. The molecule has 0 aliphatic carbocycles. The Morgan fingerprint density at radius 1 is 1.39 bits per heavy atom. The van der Waals surface area contributed by atoms with Crippen LogP contribution in [0.2, 0.25) is 0 Å². The van der Waals surface area contributed by atoms with Gasteiger partial charge in [0.1, 0.15) is 6.04 Å². The second kappa shape index (κ2) is 5.32. The first kappa shape index (κ1) is 15.4. The topological polar surface area (TPSA) is 190 Å². The van der Waals surface area contributed by atoms with Gasteiger partial charge < -0.3 is 20.8 Å². The van der Waals surface area contributed by atoms with Crippen LogP contribution in [0, 0.1) is 0 Å². The van der Waals surface area contributed by atoms with Crippen molar-refractivity contribution in [3.05, 3.63) is 5.89 Å². The predicted octanol–water partition coefficient (Wildman–Crippen LogP) is -1.35. The van der Waals surface area contributed by atoms with E-state index < -0.39 is 28.5 Å². The first-order valence-corrected chi connectivity index (χ1v) is 7.81. The largest absolute Gasteiger partial charge is 0.418 e. The second-order valence-corrected chi connectivity index (χ2v) is 5.97. The molecule has 2 amide bonds. The molecule has 126 valence electrons. The zero-order chi connectivity index (χ0) is 16.8. The lowest BCUT2D eigenvalue weighted by molar-refractivity contribution is -0.0317. The molecule has 14 heteroatoms. The third kappa shape index (κ3) is 3.03. The molecule has 2 unspecified atom stereocenters. The number of piperidine rings is 1. The fraction of sp³-hybridized carbons (Fsp3) is 0.556. The molecule has 0 radical (unpaired) electrons. The average Bonchev–Trinajstić information content (AvgIpc) is 2.97. The van der Waals surface area contributed by atoms with Crippen molar-refractivity contribution >= 4 is 28.4 Å². The van der Waals surface area contributed by atoms with Gasteiger partial charge in [-0.2, -0.15) is 18.5 Å². The maximum absolute atomic E-state index is 12.2. The van der Waals surface area contributed by atoms with Gasteiger partial charge in [0.05, 0.1) is 6.04 Å². The molecule has 0 aromatic carbocycles. The number of hydroxylamine groups is 2. The number of carbonyl (C=O) groups excluding carboxylic acids is 1. The van der Waals surface area contributed by atoms with Gasteiger partial charge in [-0.15, -0.1) is 9.38 Å². The molecule has 3 rings (SSSR count). The third-order valence-electron chi connectivity index (χ3n) is 3.44. The lowest BCUT2D eigenvalue weighted by Gasteiger charge is -2.27. The minimum absolute atomic E-state index is 0.116. The van der Waals surface area contributed by atoms with Crippen molar-refractivity contribution in [2.75, 3.05) is 6.54 Å². The maximum atomic E-state index is 12.2. The molecule has 0 saturated carbocycles. The number of hydrogen-bond donors (Lipinski definition) is 3. The number of guanidine groups is 1. The second-order valence-electron chi connectivity index (χ2n) is 4.97. The number of amides is 2. The van der Waals surface area contributed by atoms with Crippen molar-refractivity contribution in [3.8, 4) is 0 Å². The number of nitrogens with zero attached hydrogens (tertiary/aromatic N) is 5. The van der Waals surface area contributed by atoms with Crippen molar-refractivity contribution in [2.45, 2.75) is 24.9 Å². The van der Waals surface area contributed by atoms with Crippen molar-refractivity contribution in [1.29, 1.82) is 0 Å². The zero-order valence-electron chi connectivity index (χ0n) is 11.6. The standard InChI is InChI=1S/C9H13N7O6S/c10-7(11)12-8-14-13-6(21-8)5-2-1-4-3-15(5)9(17)16(4)22-23(18,19)20/h4-5H,1-3H2,(H,18,19,20)(H4,10,11,12,14). The summed E-state index contributed by atoms with van der Waals surface area (Å²) in [4.78, 5) is 17.1. The molecule has 2 bridgehead atoms. The summed E-state index contributed by atoms with van der Waals surface area (Å²) in [5, 5.41) is 8.05. The van der Waals surface area contributed by atoms with E-state index >= 15 is 0 Å². The fourth-order valence-corrected chi connectivity index (χ4v) is 2.99. The zero-order valence-corrected chi connectivity index (χ0v) is 12.4. The van der Waals surface area contributed by atoms with Crippen LogP contribution in [0.3, 0.4) is 0 Å². The van der Waals surface area contributed by atoms with Crippen molar-refractivity contribution in [2.24, 2.45) is 16.5 Å². The molecular formula is C9H13N7O6S. The Kier molecular flexibility index (Phi) is 3.57. The molecule has 2 fully saturated rings. The van der Waals surface area contributed by atoms with Gasteiger partial charge in [0.15, 0.2) is 5.96 Å². The van der Waals surface area contributed by atoms with Crippen molar-refractivity contribution in [3.63, 3.8) is 0 Å². The normalized spacial score (nSPS) is 24.1. The summed E-state index contributed by atoms with van der Waals surface area (Å²) in [6, 6.07) is -1.94. The van der Waals surface area contributed by atoms with E-state index in [-0.39, 0.29) is 24.4 Å². The molecular weight excluding hydrogens is 334 g/mol. The van der Waals surface area contributed by atoms with Crippen LogP contribution in [-0.4, -0.2) is 57.7 Å². The summed E-state index contributed by atoms with van der Waals surface area (Å²) in [6.45, 7) is 0.193. The van der Waals surface area contributed by atoms with E-state index in [0.717, 1.165) is 0 Å². The number of nitrogens with two attached hydrogens (primary N) is 2. The highest BCUT2D eigenvalue weighted by molar-refractivity contribution is 7.80. The van der Waals surface area contributed by atoms with Gasteiger partial charge in [0.25, 0.3) is 0 Å².